The molecular weight excluding hydrogens is 963 g/mol. The predicted molar refractivity (Wildman–Crippen MR) is 325 cm³/mol. The van der Waals surface area contributed by atoms with Crippen molar-refractivity contribution >= 4 is 17.7 Å². The summed E-state index contributed by atoms with van der Waals surface area (Å²) in [5, 5.41) is 0. The first-order chi connectivity index (χ1) is 37.7. The Morgan fingerprint density at radius 1 is 0.364 bits per heavy atom. The summed E-state index contributed by atoms with van der Waals surface area (Å²) >= 11 is 0. The monoisotopic (exact) mass is 1090 g/mol. The SMILES string of the molecule is CCCCCCCCC=CCCCCCCCC(=O)OCCOCCOCCOCC[N+](C)(C)CC(COC(=O)CCCCCCC/C=C\CCCCCCCC)OCC(=O)CCCCCC/C=C\CCCCCCCC. The number of Topliss-reactive ketones (excluding diaryl/α,β-unsaturated/α-hetero) is 1. The summed E-state index contributed by atoms with van der Waals surface area (Å²) in [5.74, 6) is -0.233. The van der Waals surface area contributed by atoms with Gasteiger partial charge in [-0.05, 0) is 96.3 Å². The summed E-state index contributed by atoms with van der Waals surface area (Å²) in [6, 6.07) is 0. The van der Waals surface area contributed by atoms with Crippen molar-refractivity contribution in [3.05, 3.63) is 36.5 Å². The second-order valence-corrected chi connectivity index (χ2v) is 22.7. The summed E-state index contributed by atoms with van der Waals surface area (Å²) in [4.78, 5) is 37.9. The highest BCUT2D eigenvalue weighted by Gasteiger charge is 2.25. The largest absolute Gasteiger partial charge is 0.463 e. The Hall–Kier alpha value is -2.37. The lowest BCUT2D eigenvalue weighted by atomic mass is 10.1. The third-order valence-corrected chi connectivity index (χ3v) is 14.4. The van der Waals surface area contributed by atoms with Crippen molar-refractivity contribution in [2.24, 2.45) is 0 Å². The van der Waals surface area contributed by atoms with Gasteiger partial charge in [0.25, 0.3) is 0 Å². The van der Waals surface area contributed by atoms with E-state index in [9.17, 15) is 14.4 Å². The van der Waals surface area contributed by atoms with Crippen molar-refractivity contribution in [3.8, 4) is 0 Å². The molecule has 1 unspecified atom stereocenters. The number of hydrogen-bond donors (Lipinski definition) is 0. The van der Waals surface area contributed by atoms with E-state index in [4.69, 9.17) is 28.4 Å². The number of carbonyl (C=O) groups excluding carboxylic acids is 3. The topological polar surface area (TPSA) is 107 Å². The fourth-order valence-corrected chi connectivity index (χ4v) is 9.37. The molecule has 0 N–H and O–H groups in total. The van der Waals surface area contributed by atoms with E-state index in [0.717, 1.165) is 77.2 Å². The molecule has 452 valence electrons. The average molecular weight is 1090 g/mol. The molecule has 0 spiro atoms. The van der Waals surface area contributed by atoms with E-state index >= 15 is 0 Å². The lowest BCUT2D eigenvalue weighted by molar-refractivity contribution is -0.893. The van der Waals surface area contributed by atoms with Gasteiger partial charge < -0.3 is 32.9 Å². The molecule has 0 aromatic carbocycles. The zero-order valence-corrected chi connectivity index (χ0v) is 51.4. The number of esters is 2. The highest BCUT2D eigenvalue weighted by atomic mass is 16.6. The molecule has 77 heavy (non-hydrogen) atoms. The van der Waals surface area contributed by atoms with Crippen LogP contribution in [0.15, 0.2) is 36.5 Å². The van der Waals surface area contributed by atoms with Crippen molar-refractivity contribution < 1.29 is 47.3 Å². The molecule has 0 saturated heterocycles. The molecule has 0 aliphatic carbocycles. The van der Waals surface area contributed by atoms with E-state index in [1.54, 1.807) is 0 Å². The highest BCUT2D eigenvalue weighted by Crippen LogP contribution is 2.15. The predicted octanol–water partition coefficient (Wildman–Crippen LogP) is 17.9. The molecule has 0 heterocycles. The van der Waals surface area contributed by atoms with Gasteiger partial charge in [-0.2, -0.15) is 0 Å². The minimum Gasteiger partial charge on any atom is -0.463 e. The normalized spacial score (nSPS) is 12.5. The molecule has 0 amide bonds. The zero-order valence-electron chi connectivity index (χ0n) is 51.4. The van der Waals surface area contributed by atoms with Crippen LogP contribution in [0.1, 0.15) is 284 Å². The van der Waals surface area contributed by atoms with Crippen LogP contribution in [0.3, 0.4) is 0 Å². The third kappa shape index (κ3) is 61.1. The van der Waals surface area contributed by atoms with Crippen molar-refractivity contribution in [1.29, 1.82) is 0 Å². The second kappa shape index (κ2) is 61.3. The Kier molecular flexibility index (Phi) is 59.4. The fourth-order valence-electron chi connectivity index (χ4n) is 9.37. The molecule has 0 rings (SSSR count). The minimum atomic E-state index is -0.390. The molecule has 0 fully saturated rings. The lowest BCUT2D eigenvalue weighted by Crippen LogP contribution is -2.49. The Balaban J connectivity index is 4.37. The van der Waals surface area contributed by atoms with Gasteiger partial charge in [0.15, 0.2) is 5.78 Å². The number of unbranched alkanes of at least 4 members (excludes halogenated alkanes) is 32. The molecule has 0 bridgehead atoms. The summed E-state index contributed by atoms with van der Waals surface area (Å²) in [7, 11) is 4.23. The van der Waals surface area contributed by atoms with Crippen molar-refractivity contribution in [2.75, 3.05) is 86.6 Å². The molecule has 0 aromatic rings. The van der Waals surface area contributed by atoms with Gasteiger partial charge in [0.05, 0.1) is 53.7 Å². The van der Waals surface area contributed by atoms with Crippen LogP contribution < -0.4 is 0 Å². The van der Waals surface area contributed by atoms with Crippen LogP contribution in [0.2, 0.25) is 0 Å². The van der Waals surface area contributed by atoms with Crippen molar-refractivity contribution in [2.45, 2.75) is 290 Å². The molecule has 0 aliphatic heterocycles. The summed E-state index contributed by atoms with van der Waals surface area (Å²) in [6.07, 6.45) is 61.6. The summed E-state index contributed by atoms with van der Waals surface area (Å²) in [6.45, 7) is 11.2. The van der Waals surface area contributed by atoms with Crippen LogP contribution in [0.4, 0.5) is 0 Å². The Morgan fingerprint density at radius 2 is 0.675 bits per heavy atom. The van der Waals surface area contributed by atoms with Crippen molar-refractivity contribution in [1.82, 2.24) is 0 Å². The first kappa shape index (κ1) is 74.6. The number of carbonyl (C=O) groups is 3. The number of hydrogen-bond acceptors (Lipinski definition) is 9. The van der Waals surface area contributed by atoms with Gasteiger partial charge in [0, 0.05) is 19.3 Å². The van der Waals surface area contributed by atoms with Crippen LogP contribution in [0.25, 0.3) is 0 Å². The van der Waals surface area contributed by atoms with Crippen LogP contribution in [-0.4, -0.2) is 115 Å². The fraction of sp³-hybridized carbons (Fsp3) is 0.866. The Bertz CT molecular complexity index is 1350. The van der Waals surface area contributed by atoms with Gasteiger partial charge in [-0.3, -0.25) is 14.4 Å². The van der Waals surface area contributed by atoms with Crippen LogP contribution in [-0.2, 0) is 42.8 Å². The summed E-state index contributed by atoms with van der Waals surface area (Å²) in [5.41, 5.74) is 0. The van der Waals surface area contributed by atoms with Gasteiger partial charge in [-0.25, -0.2) is 0 Å². The number of ketones is 1. The Labute approximate surface area is 476 Å². The van der Waals surface area contributed by atoms with E-state index in [1.807, 2.05) is 0 Å². The third-order valence-electron chi connectivity index (χ3n) is 14.4. The van der Waals surface area contributed by atoms with Crippen LogP contribution in [0.5, 0.6) is 0 Å². The van der Waals surface area contributed by atoms with Gasteiger partial charge in [-0.1, -0.05) is 205 Å². The van der Waals surface area contributed by atoms with E-state index in [2.05, 4.69) is 71.3 Å². The first-order valence-corrected chi connectivity index (χ1v) is 32.7. The molecule has 10 nitrogen and oxygen atoms in total. The van der Waals surface area contributed by atoms with E-state index in [-0.39, 0.29) is 43.6 Å². The van der Waals surface area contributed by atoms with Crippen LogP contribution >= 0.6 is 0 Å². The number of allylic oxidation sites excluding steroid dienone is 6. The van der Waals surface area contributed by atoms with Gasteiger partial charge in [0.2, 0.25) is 0 Å². The quantitative estimate of drug-likeness (QED) is 0.0255. The van der Waals surface area contributed by atoms with Gasteiger partial charge >= 0.3 is 11.9 Å². The zero-order chi connectivity index (χ0) is 56.1. The first-order valence-electron chi connectivity index (χ1n) is 32.7. The van der Waals surface area contributed by atoms with E-state index in [1.165, 1.54) is 173 Å². The molecule has 0 radical (unpaired) electrons. The maximum Gasteiger partial charge on any atom is 0.305 e. The highest BCUT2D eigenvalue weighted by molar-refractivity contribution is 5.79. The molecule has 1 atom stereocenters. The second-order valence-electron chi connectivity index (χ2n) is 22.7. The molecule has 0 aliphatic rings. The molecular formula is C67H126NO9+. The summed E-state index contributed by atoms with van der Waals surface area (Å²) < 4.78 is 35.1. The van der Waals surface area contributed by atoms with Crippen LogP contribution in [0, 0.1) is 0 Å². The smallest absolute Gasteiger partial charge is 0.305 e. The van der Waals surface area contributed by atoms with Gasteiger partial charge in [0.1, 0.15) is 39.0 Å². The standard InChI is InChI=1S/C67H126NO9/c1-6-9-12-15-18-21-24-27-30-33-36-39-42-45-48-51-66(70)75-60-59-74-58-57-73-56-55-72-54-53-68(4,5)61-65(76-62-64(69)50-47-44-41-38-35-32-29-26-23-20-17-14-11-8-3)63-77-67(71)52-49-46-43-40-37-34-31-28-25-22-19-16-13-10-7-2/h27-32,65H,6-26,33-63H2,1-5H3/q+1/b30-27?,31-28-,32-29-. The van der Waals surface area contributed by atoms with E-state index < -0.39 is 0 Å². The number of likely N-dealkylation sites (N-methyl/N-ethyl adjacent to an activating group) is 1. The maximum atomic E-state index is 12.9. The Morgan fingerprint density at radius 3 is 1.06 bits per heavy atom. The lowest BCUT2D eigenvalue weighted by Gasteiger charge is -2.33. The van der Waals surface area contributed by atoms with Crippen molar-refractivity contribution in [3.63, 3.8) is 0 Å². The number of ether oxygens (including phenoxy) is 6. The number of rotatable bonds is 63. The molecule has 0 aromatic heterocycles. The number of quaternary nitrogens is 1. The molecule has 0 saturated carbocycles. The number of nitrogens with zero attached hydrogens (tertiary/aromatic N) is 1. The minimum absolute atomic E-state index is 0.0402. The van der Waals surface area contributed by atoms with E-state index in [0.29, 0.717) is 69.9 Å². The maximum absolute atomic E-state index is 12.9. The average Bonchev–Trinajstić information content (AvgIpc) is 3.41. The van der Waals surface area contributed by atoms with Gasteiger partial charge in [-0.15, -0.1) is 0 Å². The molecule has 10 heteroatoms.